The Morgan fingerprint density at radius 3 is 2.19 bits per heavy atom. The van der Waals surface area contributed by atoms with Crippen LogP contribution in [0.5, 0.6) is 5.75 Å². The molecule has 0 aliphatic heterocycles. The Balaban J connectivity index is 2.02. The van der Waals surface area contributed by atoms with Gasteiger partial charge in [0.05, 0.1) is 0 Å². The topological polar surface area (TPSA) is 79.5 Å². The first-order chi connectivity index (χ1) is 12.3. The van der Waals surface area contributed by atoms with Crippen LogP contribution in [-0.2, 0) is 0 Å². The number of carbonyl (C=O) groups excluding carboxylic acids is 2. The van der Waals surface area contributed by atoms with E-state index in [4.69, 9.17) is 0 Å². The number of urea groups is 1. The van der Waals surface area contributed by atoms with Gasteiger partial charge in [-0.25, -0.2) is 4.79 Å². The van der Waals surface area contributed by atoms with E-state index in [1.54, 1.807) is 31.2 Å². The number of ether oxygens (including phenoxy) is 1. The van der Waals surface area contributed by atoms with Crippen LogP contribution in [0.2, 0.25) is 0 Å². The van der Waals surface area contributed by atoms with Crippen LogP contribution in [0.3, 0.4) is 0 Å². The van der Waals surface area contributed by atoms with Crippen molar-refractivity contribution in [3.63, 3.8) is 0 Å². The van der Waals surface area contributed by atoms with Crippen LogP contribution < -0.4 is 20.7 Å². The molecule has 3 amide bonds. The molecule has 0 bridgehead atoms. The molecule has 0 unspecified atom stereocenters. The van der Waals surface area contributed by atoms with Crippen molar-refractivity contribution in [2.75, 3.05) is 17.2 Å². The first-order valence-electron chi connectivity index (χ1n) is 7.59. The van der Waals surface area contributed by atoms with Gasteiger partial charge >= 0.3 is 12.4 Å². The summed E-state index contributed by atoms with van der Waals surface area (Å²) in [4.78, 5) is 23.7. The molecule has 9 heteroatoms. The fraction of sp³-hybridized carbons (Fsp3) is 0.176. The third-order valence-corrected chi connectivity index (χ3v) is 3.07. The van der Waals surface area contributed by atoms with Gasteiger partial charge in [0.25, 0.3) is 5.91 Å². The summed E-state index contributed by atoms with van der Waals surface area (Å²) < 4.78 is 40.1. The molecular weight excluding hydrogens is 351 g/mol. The number of anilines is 2. The van der Waals surface area contributed by atoms with Gasteiger partial charge in [-0.2, -0.15) is 0 Å². The van der Waals surface area contributed by atoms with Crippen LogP contribution in [0, 0.1) is 0 Å². The number of hydrogen-bond acceptors (Lipinski definition) is 3. The van der Waals surface area contributed by atoms with Crippen LogP contribution >= 0.6 is 0 Å². The van der Waals surface area contributed by atoms with Gasteiger partial charge in [0, 0.05) is 23.5 Å². The number of hydrogen-bond donors (Lipinski definition) is 3. The van der Waals surface area contributed by atoms with Gasteiger partial charge in [-0.15, -0.1) is 13.2 Å². The molecule has 0 radical (unpaired) electrons. The van der Waals surface area contributed by atoms with Gasteiger partial charge < -0.3 is 20.7 Å². The van der Waals surface area contributed by atoms with Crippen LogP contribution in [0.4, 0.5) is 29.3 Å². The highest BCUT2D eigenvalue weighted by atomic mass is 19.4. The SMILES string of the molecule is CCNC(=O)Nc1cccc(NC(=O)c2ccc(OC(F)(F)F)cc2)c1. The maximum atomic E-state index is 12.2. The predicted octanol–water partition coefficient (Wildman–Crippen LogP) is 3.98. The van der Waals surface area contributed by atoms with Gasteiger partial charge in [0.15, 0.2) is 0 Å². The van der Waals surface area contributed by atoms with Crippen molar-refractivity contribution in [1.82, 2.24) is 5.32 Å². The second-order valence-corrected chi connectivity index (χ2v) is 5.09. The zero-order chi connectivity index (χ0) is 19.2. The standard InChI is InChI=1S/C17H16F3N3O3/c1-2-21-16(25)23-13-5-3-4-12(10-13)22-15(24)11-6-8-14(9-7-11)26-17(18,19)20/h3-10H,2H2,1H3,(H,22,24)(H2,21,23,25). The number of alkyl halides is 3. The number of amides is 3. The zero-order valence-electron chi connectivity index (χ0n) is 13.7. The van der Waals surface area contributed by atoms with Gasteiger partial charge in [-0.3, -0.25) is 4.79 Å². The minimum absolute atomic E-state index is 0.154. The third-order valence-electron chi connectivity index (χ3n) is 3.07. The molecule has 3 N–H and O–H groups in total. The number of halogens is 3. The molecule has 0 saturated carbocycles. The monoisotopic (exact) mass is 367 g/mol. The summed E-state index contributed by atoms with van der Waals surface area (Å²) in [6.07, 6.45) is -4.79. The summed E-state index contributed by atoms with van der Waals surface area (Å²) in [5.41, 5.74) is 1.05. The van der Waals surface area contributed by atoms with Crippen molar-refractivity contribution < 1.29 is 27.5 Å². The van der Waals surface area contributed by atoms with Gasteiger partial charge in [-0.05, 0) is 49.4 Å². The summed E-state index contributed by atoms with van der Waals surface area (Å²) in [6, 6.07) is 10.6. The van der Waals surface area contributed by atoms with E-state index < -0.39 is 18.0 Å². The van der Waals surface area contributed by atoms with Crippen molar-refractivity contribution in [1.29, 1.82) is 0 Å². The maximum absolute atomic E-state index is 12.2. The molecule has 0 fully saturated rings. The minimum Gasteiger partial charge on any atom is -0.406 e. The second-order valence-electron chi connectivity index (χ2n) is 5.09. The van der Waals surface area contributed by atoms with E-state index >= 15 is 0 Å². The molecule has 6 nitrogen and oxygen atoms in total. The molecule has 2 rings (SSSR count). The van der Waals surface area contributed by atoms with Crippen LogP contribution in [0.25, 0.3) is 0 Å². The highest BCUT2D eigenvalue weighted by Crippen LogP contribution is 2.23. The number of carbonyl (C=O) groups is 2. The van der Waals surface area contributed by atoms with E-state index in [1.807, 2.05) is 0 Å². The Morgan fingerprint density at radius 1 is 1.00 bits per heavy atom. The van der Waals surface area contributed by atoms with Gasteiger partial charge in [0.2, 0.25) is 0 Å². The molecule has 26 heavy (non-hydrogen) atoms. The minimum atomic E-state index is -4.79. The Hall–Kier alpha value is -3.23. The molecular formula is C17H16F3N3O3. The molecule has 138 valence electrons. The zero-order valence-corrected chi connectivity index (χ0v) is 13.7. The average molecular weight is 367 g/mol. The molecule has 0 saturated heterocycles. The Morgan fingerprint density at radius 2 is 1.62 bits per heavy atom. The van der Waals surface area contributed by atoms with Crippen molar-refractivity contribution in [3.05, 3.63) is 54.1 Å². The van der Waals surface area contributed by atoms with Gasteiger partial charge in [0.1, 0.15) is 5.75 Å². The predicted molar refractivity (Wildman–Crippen MR) is 90.2 cm³/mol. The molecule has 0 atom stereocenters. The average Bonchev–Trinajstić information content (AvgIpc) is 2.54. The van der Waals surface area contributed by atoms with E-state index in [0.29, 0.717) is 17.9 Å². The summed E-state index contributed by atoms with van der Waals surface area (Å²) in [7, 11) is 0. The quantitative estimate of drug-likeness (QED) is 0.748. The van der Waals surface area contributed by atoms with E-state index in [1.165, 1.54) is 12.1 Å². The van der Waals surface area contributed by atoms with Crippen molar-refractivity contribution in [3.8, 4) is 5.75 Å². The number of nitrogens with one attached hydrogen (secondary N) is 3. The van der Waals surface area contributed by atoms with Crippen LogP contribution in [-0.4, -0.2) is 24.8 Å². The van der Waals surface area contributed by atoms with Crippen LogP contribution in [0.15, 0.2) is 48.5 Å². The lowest BCUT2D eigenvalue weighted by atomic mass is 10.2. The molecule has 0 spiro atoms. The third kappa shape index (κ3) is 6.00. The Bertz CT molecular complexity index is 777. The Labute approximate surface area is 147 Å². The largest absolute Gasteiger partial charge is 0.573 e. The van der Waals surface area contributed by atoms with Crippen molar-refractivity contribution in [2.45, 2.75) is 13.3 Å². The molecule has 0 heterocycles. The lowest BCUT2D eigenvalue weighted by Gasteiger charge is -2.10. The van der Waals surface area contributed by atoms with E-state index in [9.17, 15) is 22.8 Å². The summed E-state index contributed by atoms with van der Waals surface area (Å²) in [6.45, 7) is 2.25. The lowest BCUT2D eigenvalue weighted by Crippen LogP contribution is -2.28. The Kier molecular flexibility index (Phi) is 6.05. The molecule has 2 aromatic rings. The number of rotatable bonds is 5. The van der Waals surface area contributed by atoms with Gasteiger partial charge in [-0.1, -0.05) is 6.07 Å². The van der Waals surface area contributed by atoms with Crippen molar-refractivity contribution in [2.24, 2.45) is 0 Å². The van der Waals surface area contributed by atoms with Crippen molar-refractivity contribution >= 4 is 23.3 Å². The van der Waals surface area contributed by atoms with E-state index in [2.05, 4.69) is 20.7 Å². The van der Waals surface area contributed by atoms with E-state index in [-0.39, 0.29) is 11.6 Å². The highest BCUT2D eigenvalue weighted by Gasteiger charge is 2.31. The maximum Gasteiger partial charge on any atom is 0.573 e. The summed E-state index contributed by atoms with van der Waals surface area (Å²) in [5, 5.41) is 7.77. The highest BCUT2D eigenvalue weighted by molar-refractivity contribution is 6.04. The van der Waals surface area contributed by atoms with E-state index in [0.717, 1.165) is 12.1 Å². The summed E-state index contributed by atoms with van der Waals surface area (Å²) >= 11 is 0. The molecule has 0 aliphatic carbocycles. The molecule has 2 aromatic carbocycles. The first kappa shape index (κ1) is 19.1. The fourth-order valence-corrected chi connectivity index (χ4v) is 2.02. The lowest BCUT2D eigenvalue weighted by molar-refractivity contribution is -0.274. The second kappa shape index (κ2) is 8.24. The van der Waals surface area contributed by atoms with Crippen LogP contribution in [0.1, 0.15) is 17.3 Å². The molecule has 0 aromatic heterocycles. The first-order valence-corrected chi connectivity index (χ1v) is 7.59. The smallest absolute Gasteiger partial charge is 0.406 e. The molecule has 0 aliphatic rings. The number of benzene rings is 2. The summed E-state index contributed by atoms with van der Waals surface area (Å²) in [5.74, 6) is -0.930. The normalized spacial score (nSPS) is 10.8. The fourth-order valence-electron chi connectivity index (χ4n) is 2.02.